The Morgan fingerprint density at radius 2 is 1.96 bits per heavy atom. The highest BCUT2D eigenvalue weighted by Gasteiger charge is 2.49. The maximum Gasteiger partial charge on any atom is 0.341 e. The first-order chi connectivity index (χ1) is 11.1. The maximum atomic E-state index is 12.2. The van der Waals surface area contributed by atoms with Gasteiger partial charge in [0.1, 0.15) is 5.75 Å². The third-order valence-electron chi connectivity index (χ3n) is 3.90. The van der Waals surface area contributed by atoms with Crippen molar-refractivity contribution >= 4 is 11.9 Å². The number of hydrogen-bond acceptors (Lipinski definition) is 4. The van der Waals surface area contributed by atoms with Crippen LogP contribution in [0.15, 0.2) is 24.3 Å². The Hall–Kier alpha value is -2.08. The van der Waals surface area contributed by atoms with Gasteiger partial charge in [0.2, 0.25) is 5.91 Å². The van der Waals surface area contributed by atoms with Crippen molar-refractivity contribution in [2.75, 3.05) is 26.4 Å². The summed E-state index contributed by atoms with van der Waals surface area (Å²) in [5.41, 5.74) is 0.757. The number of aliphatic carboxylic acids is 1. The van der Waals surface area contributed by atoms with E-state index in [4.69, 9.17) is 14.6 Å². The van der Waals surface area contributed by atoms with Gasteiger partial charge in [0.05, 0.1) is 12.0 Å². The van der Waals surface area contributed by atoms with E-state index in [-0.39, 0.29) is 17.9 Å². The monoisotopic (exact) mass is 321 g/mol. The van der Waals surface area contributed by atoms with Gasteiger partial charge in [-0.15, -0.1) is 0 Å². The van der Waals surface area contributed by atoms with Crippen LogP contribution >= 0.6 is 0 Å². The predicted molar refractivity (Wildman–Crippen MR) is 84.4 cm³/mol. The molecule has 0 heterocycles. The van der Waals surface area contributed by atoms with E-state index in [1.807, 2.05) is 19.1 Å². The summed E-state index contributed by atoms with van der Waals surface area (Å²) in [5, 5.41) is 11.5. The first-order valence-corrected chi connectivity index (χ1v) is 7.85. The molecule has 6 heteroatoms. The Balaban J connectivity index is 1.71. The standard InChI is InChI=1S/C17H23NO5/c1-2-22-12-17(8-9-17)16(21)18-10-7-13-3-5-14(6-4-13)23-11-15(19)20/h3-6H,2,7-12H2,1H3,(H,18,21)(H,19,20). The van der Waals surface area contributed by atoms with Crippen molar-refractivity contribution < 1.29 is 24.2 Å². The van der Waals surface area contributed by atoms with Gasteiger partial charge in [0.25, 0.3) is 0 Å². The van der Waals surface area contributed by atoms with Crippen LogP contribution in [0.1, 0.15) is 25.3 Å². The topological polar surface area (TPSA) is 84.9 Å². The molecule has 0 saturated heterocycles. The molecule has 1 aliphatic rings. The maximum absolute atomic E-state index is 12.2. The van der Waals surface area contributed by atoms with Gasteiger partial charge in [-0.05, 0) is 43.9 Å². The molecule has 1 saturated carbocycles. The molecule has 0 unspecified atom stereocenters. The van der Waals surface area contributed by atoms with E-state index in [0.717, 1.165) is 24.8 Å². The molecule has 0 spiro atoms. The second kappa shape index (κ2) is 7.97. The Labute approximate surface area is 135 Å². The Bertz CT molecular complexity index is 536. The largest absolute Gasteiger partial charge is 0.482 e. The van der Waals surface area contributed by atoms with E-state index >= 15 is 0 Å². The minimum absolute atomic E-state index is 0.0763. The Morgan fingerprint density at radius 1 is 1.26 bits per heavy atom. The van der Waals surface area contributed by atoms with Crippen molar-refractivity contribution in [2.24, 2.45) is 5.41 Å². The molecular formula is C17H23NO5. The summed E-state index contributed by atoms with van der Waals surface area (Å²) in [6.07, 6.45) is 2.51. The smallest absolute Gasteiger partial charge is 0.341 e. The minimum atomic E-state index is -1.00. The Kier molecular flexibility index (Phi) is 5.98. The number of carbonyl (C=O) groups excluding carboxylic acids is 1. The molecule has 1 aromatic rings. The van der Waals surface area contributed by atoms with Gasteiger partial charge in [-0.25, -0.2) is 4.79 Å². The number of carboxylic acids is 1. The van der Waals surface area contributed by atoms with Crippen LogP contribution in [0.5, 0.6) is 5.75 Å². The molecule has 0 aromatic heterocycles. The van der Waals surface area contributed by atoms with E-state index in [2.05, 4.69) is 5.32 Å². The summed E-state index contributed by atoms with van der Waals surface area (Å²) in [7, 11) is 0. The van der Waals surface area contributed by atoms with Crippen molar-refractivity contribution in [3.8, 4) is 5.75 Å². The van der Waals surface area contributed by atoms with Crippen molar-refractivity contribution in [1.29, 1.82) is 0 Å². The lowest BCUT2D eigenvalue weighted by molar-refractivity contribution is -0.139. The summed E-state index contributed by atoms with van der Waals surface area (Å²) >= 11 is 0. The lowest BCUT2D eigenvalue weighted by Gasteiger charge is -2.15. The fraction of sp³-hybridized carbons (Fsp3) is 0.529. The fourth-order valence-electron chi connectivity index (χ4n) is 2.29. The quantitative estimate of drug-likeness (QED) is 0.684. The number of nitrogens with one attached hydrogen (secondary N) is 1. The van der Waals surface area contributed by atoms with Gasteiger partial charge in [0, 0.05) is 13.2 Å². The average molecular weight is 321 g/mol. The van der Waals surface area contributed by atoms with Gasteiger partial charge in [-0.3, -0.25) is 4.79 Å². The van der Waals surface area contributed by atoms with Crippen LogP contribution in [0.2, 0.25) is 0 Å². The highest BCUT2D eigenvalue weighted by atomic mass is 16.5. The number of carbonyl (C=O) groups is 2. The minimum Gasteiger partial charge on any atom is -0.482 e. The van der Waals surface area contributed by atoms with Crippen LogP contribution < -0.4 is 10.1 Å². The third kappa shape index (κ3) is 5.25. The molecule has 1 amide bonds. The number of carboxylic acid groups (broad SMARTS) is 1. The molecule has 6 nitrogen and oxygen atoms in total. The van der Waals surface area contributed by atoms with Gasteiger partial charge < -0.3 is 19.9 Å². The Morgan fingerprint density at radius 3 is 2.52 bits per heavy atom. The second-order valence-corrected chi connectivity index (χ2v) is 5.75. The van der Waals surface area contributed by atoms with Crippen molar-refractivity contribution in [3.63, 3.8) is 0 Å². The zero-order valence-electron chi connectivity index (χ0n) is 13.3. The molecular weight excluding hydrogens is 298 g/mol. The number of rotatable bonds is 10. The number of benzene rings is 1. The van der Waals surface area contributed by atoms with E-state index in [0.29, 0.717) is 25.5 Å². The average Bonchev–Trinajstić information content (AvgIpc) is 3.33. The van der Waals surface area contributed by atoms with E-state index in [9.17, 15) is 9.59 Å². The molecule has 23 heavy (non-hydrogen) atoms. The number of amides is 1. The highest BCUT2D eigenvalue weighted by Crippen LogP contribution is 2.46. The molecule has 0 atom stereocenters. The fourth-order valence-corrected chi connectivity index (χ4v) is 2.29. The van der Waals surface area contributed by atoms with Crippen LogP contribution in [0.25, 0.3) is 0 Å². The summed E-state index contributed by atoms with van der Waals surface area (Å²) in [5.74, 6) is -0.404. The predicted octanol–water partition coefficient (Wildman–Crippen LogP) is 1.63. The lowest BCUT2D eigenvalue weighted by atomic mass is 10.1. The zero-order chi connectivity index (χ0) is 16.7. The molecule has 2 N–H and O–H groups in total. The zero-order valence-corrected chi connectivity index (χ0v) is 13.3. The van der Waals surface area contributed by atoms with E-state index < -0.39 is 5.97 Å². The molecule has 0 bridgehead atoms. The van der Waals surface area contributed by atoms with Crippen LogP contribution in [0, 0.1) is 5.41 Å². The molecule has 0 aliphatic heterocycles. The van der Waals surface area contributed by atoms with E-state index in [1.165, 1.54) is 0 Å². The first-order valence-electron chi connectivity index (χ1n) is 7.85. The summed E-state index contributed by atoms with van der Waals surface area (Å²) < 4.78 is 10.5. The first kappa shape index (κ1) is 17.3. The number of hydrogen-bond donors (Lipinski definition) is 2. The summed E-state index contributed by atoms with van der Waals surface area (Å²) in [4.78, 5) is 22.6. The normalized spacial score (nSPS) is 15.0. The van der Waals surface area contributed by atoms with Gasteiger partial charge in [-0.1, -0.05) is 12.1 Å². The molecule has 1 aliphatic carbocycles. The third-order valence-corrected chi connectivity index (χ3v) is 3.90. The van der Waals surface area contributed by atoms with Gasteiger partial charge in [0.15, 0.2) is 6.61 Å². The molecule has 2 rings (SSSR count). The van der Waals surface area contributed by atoms with Gasteiger partial charge >= 0.3 is 5.97 Å². The molecule has 126 valence electrons. The molecule has 1 aromatic carbocycles. The van der Waals surface area contributed by atoms with E-state index in [1.54, 1.807) is 12.1 Å². The molecule has 1 fully saturated rings. The van der Waals surface area contributed by atoms with Crippen molar-refractivity contribution in [1.82, 2.24) is 5.32 Å². The van der Waals surface area contributed by atoms with Crippen LogP contribution in [0.3, 0.4) is 0 Å². The lowest BCUT2D eigenvalue weighted by Crippen LogP contribution is -2.36. The second-order valence-electron chi connectivity index (χ2n) is 5.75. The van der Waals surface area contributed by atoms with Crippen molar-refractivity contribution in [3.05, 3.63) is 29.8 Å². The SMILES string of the molecule is CCOCC1(C(=O)NCCc2ccc(OCC(=O)O)cc2)CC1. The van der Waals surface area contributed by atoms with Crippen LogP contribution in [0.4, 0.5) is 0 Å². The van der Waals surface area contributed by atoms with Crippen LogP contribution in [-0.2, 0) is 20.7 Å². The summed E-state index contributed by atoms with van der Waals surface area (Å²) in [6, 6.07) is 7.21. The van der Waals surface area contributed by atoms with Gasteiger partial charge in [-0.2, -0.15) is 0 Å². The molecule has 0 radical (unpaired) electrons. The van der Waals surface area contributed by atoms with Crippen molar-refractivity contribution in [2.45, 2.75) is 26.2 Å². The summed E-state index contributed by atoms with van der Waals surface area (Å²) in [6.45, 7) is 3.29. The highest BCUT2D eigenvalue weighted by molar-refractivity contribution is 5.85. The van der Waals surface area contributed by atoms with Crippen LogP contribution in [-0.4, -0.2) is 43.3 Å². The number of ether oxygens (including phenoxy) is 2.